The number of aryl methyl sites for hydroxylation is 2. The molecule has 0 spiro atoms. The summed E-state index contributed by atoms with van der Waals surface area (Å²) in [5.74, 6) is -2.90. The van der Waals surface area contributed by atoms with Crippen LogP contribution in [0.25, 0.3) is 0 Å². The molecule has 0 aliphatic carbocycles. The van der Waals surface area contributed by atoms with Gasteiger partial charge in [0, 0.05) is 25.7 Å². The summed E-state index contributed by atoms with van der Waals surface area (Å²) >= 11 is 0. The van der Waals surface area contributed by atoms with Crippen molar-refractivity contribution in [2.45, 2.75) is 167 Å². The van der Waals surface area contributed by atoms with Crippen LogP contribution < -0.4 is 0 Å². The summed E-state index contributed by atoms with van der Waals surface area (Å²) in [4.78, 5) is 0. The van der Waals surface area contributed by atoms with E-state index in [0.717, 1.165) is 38.5 Å². The van der Waals surface area contributed by atoms with Crippen molar-refractivity contribution in [2.75, 3.05) is 0 Å². The zero-order chi connectivity index (χ0) is 26.5. The molecule has 1 rings (SSSR count). The van der Waals surface area contributed by atoms with Crippen LogP contribution in [0.3, 0.4) is 0 Å². The van der Waals surface area contributed by atoms with E-state index in [1.165, 1.54) is 88.2 Å². The molecule has 0 aliphatic heterocycles. The molecule has 0 saturated carbocycles. The molecule has 0 aromatic heterocycles. The van der Waals surface area contributed by atoms with Crippen LogP contribution in [-0.4, -0.2) is 32.0 Å². The normalized spacial score (nSPS) is 12.4. The summed E-state index contributed by atoms with van der Waals surface area (Å²) in [5, 5.41) is 39.1. The van der Waals surface area contributed by atoms with Gasteiger partial charge in [0.2, 0.25) is 0 Å². The molecule has 0 radical (unpaired) electrons. The largest absolute Gasteiger partial charge is 0.366 e. The predicted octanol–water partition coefficient (Wildman–Crippen LogP) is 7.98. The summed E-state index contributed by atoms with van der Waals surface area (Å²) in [6, 6.07) is 9.23. The fraction of sp³-hybridized carbons (Fsp3) is 0.812. The van der Waals surface area contributed by atoms with Crippen LogP contribution in [-0.2, 0) is 12.8 Å². The average Bonchev–Trinajstić information content (AvgIpc) is 2.82. The molecule has 0 unspecified atom stereocenters. The molecule has 0 fully saturated rings. The van der Waals surface area contributed by atoms with Gasteiger partial charge in [-0.1, -0.05) is 115 Å². The van der Waals surface area contributed by atoms with Crippen LogP contribution in [0.1, 0.15) is 153 Å². The van der Waals surface area contributed by atoms with Gasteiger partial charge in [-0.3, -0.25) is 0 Å². The molecule has 0 bridgehead atoms. The number of benzene rings is 1. The number of hydrogen-bond acceptors (Lipinski definition) is 4. The third-order valence-corrected chi connectivity index (χ3v) is 7.41. The van der Waals surface area contributed by atoms with Gasteiger partial charge >= 0.3 is 0 Å². The molecule has 1 aromatic carbocycles. The van der Waals surface area contributed by atoms with Gasteiger partial charge in [-0.05, 0) is 49.7 Å². The van der Waals surface area contributed by atoms with E-state index in [4.69, 9.17) is 0 Å². The van der Waals surface area contributed by atoms with Crippen molar-refractivity contribution in [1.82, 2.24) is 0 Å². The Kier molecular flexibility index (Phi) is 18.5. The maximum absolute atomic E-state index is 9.78. The lowest BCUT2D eigenvalue weighted by atomic mass is 9.99. The molecule has 0 saturated heterocycles. The number of hydrogen-bond donors (Lipinski definition) is 4. The Hall–Kier alpha value is -0.940. The highest BCUT2D eigenvalue weighted by Crippen LogP contribution is 2.20. The smallest absolute Gasteiger partial charge is 0.162 e. The van der Waals surface area contributed by atoms with Gasteiger partial charge in [0.1, 0.15) is 0 Å². The molecule has 36 heavy (non-hydrogen) atoms. The monoisotopic (exact) mass is 506 g/mol. The molecule has 4 heteroatoms. The van der Waals surface area contributed by atoms with Crippen LogP contribution in [0.15, 0.2) is 24.3 Å². The molecular weight excluding hydrogens is 448 g/mol. The zero-order valence-corrected chi connectivity index (χ0v) is 23.7. The molecule has 0 heterocycles. The highest BCUT2D eigenvalue weighted by atomic mass is 16.5. The summed E-state index contributed by atoms with van der Waals surface area (Å²) in [5.41, 5.74) is 2.90. The quantitative estimate of drug-likeness (QED) is 0.0846. The van der Waals surface area contributed by atoms with Gasteiger partial charge in [-0.2, -0.15) is 0 Å². The Bertz CT molecular complexity index is 569. The number of unbranched alkanes of at least 4 members (excludes halogenated alkanes) is 12. The Labute approximate surface area is 222 Å². The van der Waals surface area contributed by atoms with Crippen LogP contribution in [0.4, 0.5) is 0 Å². The van der Waals surface area contributed by atoms with E-state index in [9.17, 15) is 20.4 Å². The molecule has 4 N–H and O–H groups in total. The molecular formula is C32H58O4. The average molecular weight is 507 g/mol. The molecule has 0 atom stereocenters. The van der Waals surface area contributed by atoms with E-state index >= 15 is 0 Å². The summed E-state index contributed by atoms with van der Waals surface area (Å²) in [6.45, 7) is 3.97. The minimum absolute atomic E-state index is 0.480. The van der Waals surface area contributed by atoms with Crippen molar-refractivity contribution in [3.63, 3.8) is 0 Å². The molecule has 210 valence electrons. The highest BCUT2D eigenvalue weighted by molar-refractivity contribution is 5.22. The Morgan fingerprint density at radius 1 is 0.417 bits per heavy atom. The van der Waals surface area contributed by atoms with E-state index in [0.29, 0.717) is 25.7 Å². The number of aliphatic hydroxyl groups is 4. The maximum atomic E-state index is 9.78. The Morgan fingerprint density at radius 2 is 0.694 bits per heavy atom. The Balaban J connectivity index is 1.96. The fourth-order valence-corrected chi connectivity index (χ4v) is 5.17. The molecule has 4 nitrogen and oxygen atoms in total. The number of rotatable bonds is 24. The first-order valence-corrected chi connectivity index (χ1v) is 15.3. The minimum atomic E-state index is -1.45. The molecule has 1 aromatic rings. The highest BCUT2D eigenvalue weighted by Gasteiger charge is 2.21. The predicted molar refractivity (Wildman–Crippen MR) is 152 cm³/mol. The van der Waals surface area contributed by atoms with Gasteiger partial charge in [0.05, 0.1) is 0 Å². The first-order chi connectivity index (χ1) is 17.3. The second-order valence-corrected chi connectivity index (χ2v) is 11.2. The van der Waals surface area contributed by atoms with E-state index in [1.54, 1.807) is 0 Å². The van der Waals surface area contributed by atoms with Gasteiger partial charge in [0.25, 0.3) is 0 Å². The standard InChI is InChI=1S/C32H58O4/c1-3-25-31(33,34)27-17-13-9-5-7-11-15-19-29-21-23-30(24-22-29)20-16-12-8-6-10-14-18-28-32(35,36)26-4-2/h21-24,33-36H,3-20,25-28H2,1-2H3. The third kappa shape index (κ3) is 18.3. The topological polar surface area (TPSA) is 80.9 Å². The lowest BCUT2D eigenvalue weighted by Crippen LogP contribution is -2.27. The SMILES string of the molecule is CCCC(O)(O)CCCCCCCCCc1ccc(CCCCCCCCCC(O)(O)CCC)cc1. The van der Waals surface area contributed by atoms with Crippen LogP contribution >= 0.6 is 0 Å². The summed E-state index contributed by atoms with van der Waals surface area (Å²) in [6.07, 6.45) is 22.5. The van der Waals surface area contributed by atoms with Gasteiger partial charge < -0.3 is 20.4 Å². The zero-order valence-electron chi connectivity index (χ0n) is 23.7. The van der Waals surface area contributed by atoms with Gasteiger partial charge in [-0.15, -0.1) is 0 Å². The van der Waals surface area contributed by atoms with Gasteiger partial charge in [0.15, 0.2) is 11.6 Å². The van der Waals surface area contributed by atoms with E-state index in [2.05, 4.69) is 24.3 Å². The molecule has 0 aliphatic rings. The fourth-order valence-electron chi connectivity index (χ4n) is 5.17. The first kappa shape index (κ1) is 33.1. The maximum Gasteiger partial charge on any atom is 0.162 e. The van der Waals surface area contributed by atoms with Crippen molar-refractivity contribution < 1.29 is 20.4 Å². The van der Waals surface area contributed by atoms with E-state index in [-0.39, 0.29) is 0 Å². The lowest BCUT2D eigenvalue weighted by molar-refractivity contribution is -0.172. The second-order valence-electron chi connectivity index (χ2n) is 11.2. The minimum Gasteiger partial charge on any atom is -0.366 e. The lowest BCUT2D eigenvalue weighted by Gasteiger charge is -2.20. The first-order valence-electron chi connectivity index (χ1n) is 15.3. The summed E-state index contributed by atoms with van der Waals surface area (Å²) < 4.78 is 0. The van der Waals surface area contributed by atoms with Crippen LogP contribution in [0.5, 0.6) is 0 Å². The van der Waals surface area contributed by atoms with Crippen molar-refractivity contribution >= 4 is 0 Å². The van der Waals surface area contributed by atoms with Crippen molar-refractivity contribution in [3.05, 3.63) is 35.4 Å². The van der Waals surface area contributed by atoms with E-state index < -0.39 is 11.6 Å². The van der Waals surface area contributed by atoms with E-state index in [1.807, 2.05) is 13.8 Å². The van der Waals surface area contributed by atoms with Crippen molar-refractivity contribution in [2.24, 2.45) is 0 Å². The Morgan fingerprint density at radius 3 is 1.00 bits per heavy atom. The second kappa shape index (κ2) is 20.1. The van der Waals surface area contributed by atoms with Crippen molar-refractivity contribution in [3.8, 4) is 0 Å². The third-order valence-electron chi connectivity index (χ3n) is 7.41. The van der Waals surface area contributed by atoms with Gasteiger partial charge in [-0.25, -0.2) is 0 Å². The summed E-state index contributed by atoms with van der Waals surface area (Å²) in [7, 11) is 0. The van der Waals surface area contributed by atoms with Crippen LogP contribution in [0, 0.1) is 0 Å². The molecule has 0 amide bonds. The van der Waals surface area contributed by atoms with Crippen molar-refractivity contribution in [1.29, 1.82) is 0 Å². The van der Waals surface area contributed by atoms with Crippen LogP contribution in [0.2, 0.25) is 0 Å².